The molecule has 1 atom stereocenters. The van der Waals surface area contributed by atoms with Crippen LogP contribution in [0.2, 0.25) is 0 Å². The molecule has 0 aliphatic heterocycles. The van der Waals surface area contributed by atoms with Crippen molar-refractivity contribution in [2.24, 2.45) is 11.3 Å². The molecule has 0 bridgehead atoms. The molecule has 5 heteroatoms. The van der Waals surface area contributed by atoms with E-state index in [0.29, 0.717) is 6.42 Å². The van der Waals surface area contributed by atoms with Crippen LogP contribution >= 0.6 is 0 Å². The number of halogens is 1. The molecule has 2 aliphatic rings. The number of esters is 1. The van der Waals surface area contributed by atoms with E-state index in [1.54, 1.807) is 12.1 Å². The average Bonchev–Trinajstić information content (AvgIpc) is 3.39. The normalized spacial score (nSPS) is 18.2. The molecule has 35 heavy (non-hydrogen) atoms. The van der Waals surface area contributed by atoms with Gasteiger partial charge >= 0.3 is 5.97 Å². The summed E-state index contributed by atoms with van der Waals surface area (Å²) < 4.78 is 20.4. The second-order valence-corrected chi connectivity index (χ2v) is 11.4. The second kappa shape index (κ2) is 10.1. The molecule has 2 saturated carbocycles. The van der Waals surface area contributed by atoms with Crippen LogP contribution in [0.25, 0.3) is 0 Å². The Morgan fingerprint density at radius 3 is 2.26 bits per heavy atom. The number of hydrogen-bond donors (Lipinski definition) is 1. The summed E-state index contributed by atoms with van der Waals surface area (Å²) in [6, 6.07) is 13.0. The molecule has 0 saturated heterocycles. The van der Waals surface area contributed by atoms with Crippen LogP contribution in [-0.2, 0) is 27.2 Å². The molecular formula is C30H38FNO3. The minimum Gasteiger partial charge on any atom is -0.460 e. The molecule has 4 rings (SSSR count). The summed E-state index contributed by atoms with van der Waals surface area (Å²) in [4.78, 5) is 26.3. The largest absolute Gasteiger partial charge is 0.460 e. The minimum atomic E-state index is -0.542. The Labute approximate surface area is 208 Å². The molecular weight excluding hydrogens is 441 g/mol. The lowest BCUT2D eigenvalue weighted by Gasteiger charge is -2.25. The topological polar surface area (TPSA) is 55.4 Å². The summed E-state index contributed by atoms with van der Waals surface area (Å²) in [6.45, 7) is 7.70. The predicted molar refractivity (Wildman–Crippen MR) is 137 cm³/mol. The lowest BCUT2D eigenvalue weighted by Crippen LogP contribution is -2.31. The van der Waals surface area contributed by atoms with E-state index in [1.807, 2.05) is 32.9 Å². The van der Waals surface area contributed by atoms with E-state index in [1.165, 1.54) is 11.6 Å². The van der Waals surface area contributed by atoms with E-state index in [4.69, 9.17) is 4.74 Å². The number of benzene rings is 2. The fraction of sp³-hybridized carbons (Fsp3) is 0.533. The second-order valence-electron chi connectivity index (χ2n) is 11.4. The molecule has 0 heterocycles. The number of carbonyl (C=O) groups is 2. The van der Waals surface area contributed by atoms with Crippen molar-refractivity contribution < 1.29 is 18.7 Å². The molecule has 0 spiro atoms. The monoisotopic (exact) mass is 479 g/mol. The maximum Gasteiger partial charge on any atom is 0.312 e. The molecule has 2 aromatic rings. The molecule has 2 fully saturated rings. The zero-order chi connectivity index (χ0) is 25.2. The molecule has 0 radical (unpaired) electrons. The van der Waals surface area contributed by atoms with E-state index in [2.05, 4.69) is 24.4 Å². The van der Waals surface area contributed by atoms with E-state index < -0.39 is 16.8 Å². The van der Waals surface area contributed by atoms with Gasteiger partial charge in [-0.25, -0.2) is 4.39 Å². The number of hydrogen-bond acceptors (Lipinski definition) is 3. The van der Waals surface area contributed by atoms with Gasteiger partial charge in [0.15, 0.2) is 0 Å². The van der Waals surface area contributed by atoms with Crippen LogP contribution in [-0.4, -0.2) is 17.5 Å². The van der Waals surface area contributed by atoms with Gasteiger partial charge in [0, 0.05) is 0 Å². The van der Waals surface area contributed by atoms with E-state index >= 15 is 0 Å². The summed E-state index contributed by atoms with van der Waals surface area (Å²) in [7, 11) is 0. The minimum absolute atomic E-state index is 0.162. The van der Waals surface area contributed by atoms with Crippen molar-refractivity contribution >= 4 is 17.6 Å². The number of anilines is 1. The standard InChI is InChI=1S/C30H38FNO3/c1-5-20-10-13-23(14-11-20)26(22-8-6-7-9-22)27(33)32-25-18-21(12-15-24(25)31)19-30(16-17-30)28(34)35-29(2,3)4/h10-15,18,22,26H,5-9,16-17,19H2,1-4H3,(H,32,33). The van der Waals surface area contributed by atoms with Crippen LogP contribution in [0.15, 0.2) is 42.5 Å². The molecule has 2 aromatic carbocycles. The smallest absolute Gasteiger partial charge is 0.312 e. The number of carbonyl (C=O) groups excluding carboxylic acids is 2. The van der Waals surface area contributed by atoms with Crippen molar-refractivity contribution in [1.82, 2.24) is 0 Å². The van der Waals surface area contributed by atoms with Gasteiger partial charge in [0.25, 0.3) is 0 Å². The van der Waals surface area contributed by atoms with E-state index in [9.17, 15) is 14.0 Å². The van der Waals surface area contributed by atoms with Gasteiger partial charge in [-0.15, -0.1) is 0 Å². The fourth-order valence-electron chi connectivity index (χ4n) is 5.26. The molecule has 2 aliphatic carbocycles. The van der Waals surface area contributed by atoms with Gasteiger partial charge < -0.3 is 10.1 Å². The number of ether oxygens (including phenoxy) is 1. The van der Waals surface area contributed by atoms with Crippen molar-refractivity contribution in [3.8, 4) is 0 Å². The van der Waals surface area contributed by atoms with Crippen molar-refractivity contribution in [2.45, 2.75) is 90.6 Å². The maximum atomic E-state index is 14.8. The van der Waals surface area contributed by atoms with Gasteiger partial charge in [-0.2, -0.15) is 0 Å². The van der Waals surface area contributed by atoms with Crippen LogP contribution in [0.3, 0.4) is 0 Å². The van der Waals surface area contributed by atoms with E-state index in [0.717, 1.165) is 56.1 Å². The first-order valence-electron chi connectivity index (χ1n) is 13.0. The molecule has 188 valence electrons. The first-order valence-corrected chi connectivity index (χ1v) is 13.0. The highest BCUT2D eigenvalue weighted by Gasteiger charge is 2.52. The Morgan fingerprint density at radius 1 is 1.06 bits per heavy atom. The Kier molecular flexibility index (Phi) is 7.35. The maximum absolute atomic E-state index is 14.8. The molecule has 1 unspecified atom stereocenters. The van der Waals surface area contributed by atoms with E-state index in [-0.39, 0.29) is 29.4 Å². The number of rotatable bonds is 8. The third-order valence-corrected chi connectivity index (χ3v) is 7.42. The lowest BCUT2D eigenvalue weighted by atomic mass is 9.83. The Hall–Kier alpha value is -2.69. The van der Waals surface area contributed by atoms with Crippen molar-refractivity contribution in [3.05, 3.63) is 65.0 Å². The van der Waals surface area contributed by atoms with Gasteiger partial charge in [0.2, 0.25) is 5.91 Å². The third kappa shape index (κ3) is 6.12. The van der Waals surface area contributed by atoms with Crippen LogP contribution in [0.1, 0.15) is 88.8 Å². The Morgan fingerprint density at radius 2 is 1.69 bits per heavy atom. The molecule has 4 nitrogen and oxygen atoms in total. The summed E-state index contributed by atoms with van der Waals surface area (Å²) in [5, 5.41) is 2.90. The van der Waals surface area contributed by atoms with Gasteiger partial charge in [-0.05, 0) is 94.0 Å². The van der Waals surface area contributed by atoms with Crippen molar-refractivity contribution in [3.63, 3.8) is 0 Å². The average molecular weight is 480 g/mol. The summed E-state index contributed by atoms with van der Waals surface area (Å²) in [6.07, 6.45) is 7.22. The Balaban J connectivity index is 1.52. The number of amides is 1. The Bertz CT molecular complexity index is 1060. The zero-order valence-electron chi connectivity index (χ0n) is 21.5. The van der Waals surface area contributed by atoms with Crippen molar-refractivity contribution in [2.75, 3.05) is 5.32 Å². The van der Waals surface area contributed by atoms with Gasteiger partial charge in [0.05, 0.1) is 17.0 Å². The molecule has 1 amide bonds. The third-order valence-electron chi connectivity index (χ3n) is 7.42. The highest BCUT2D eigenvalue weighted by atomic mass is 19.1. The van der Waals surface area contributed by atoms with Crippen LogP contribution < -0.4 is 5.32 Å². The first-order chi connectivity index (χ1) is 16.6. The van der Waals surface area contributed by atoms with Crippen LogP contribution in [0.4, 0.5) is 10.1 Å². The van der Waals surface area contributed by atoms with Crippen molar-refractivity contribution in [1.29, 1.82) is 0 Å². The van der Waals surface area contributed by atoms with Gasteiger partial charge in [0.1, 0.15) is 11.4 Å². The highest BCUT2D eigenvalue weighted by Crippen LogP contribution is 2.50. The lowest BCUT2D eigenvalue weighted by molar-refractivity contribution is -0.161. The summed E-state index contributed by atoms with van der Waals surface area (Å²) in [5.41, 5.74) is 2.15. The van der Waals surface area contributed by atoms with Gasteiger partial charge in [-0.1, -0.05) is 50.1 Å². The van der Waals surface area contributed by atoms with Crippen LogP contribution in [0.5, 0.6) is 0 Å². The number of aryl methyl sites for hydroxylation is 1. The van der Waals surface area contributed by atoms with Crippen LogP contribution in [0, 0.1) is 17.2 Å². The first kappa shape index (κ1) is 25.4. The zero-order valence-corrected chi connectivity index (χ0v) is 21.5. The molecule has 1 N–H and O–H groups in total. The SMILES string of the molecule is CCc1ccc(C(C(=O)Nc2cc(CC3(C(=O)OC(C)(C)C)CC3)ccc2F)C2CCCC2)cc1. The fourth-order valence-corrected chi connectivity index (χ4v) is 5.26. The van der Waals surface area contributed by atoms with Gasteiger partial charge in [-0.3, -0.25) is 9.59 Å². The highest BCUT2D eigenvalue weighted by molar-refractivity contribution is 5.96. The summed E-state index contributed by atoms with van der Waals surface area (Å²) >= 11 is 0. The quantitative estimate of drug-likeness (QED) is 0.416. The predicted octanol–water partition coefficient (Wildman–Crippen LogP) is 6.97. The summed E-state index contributed by atoms with van der Waals surface area (Å²) in [5.74, 6) is -0.864. The number of nitrogens with one attached hydrogen (secondary N) is 1. The molecule has 0 aromatic heterocycles.